The molecule has 0 fully saturated rings. The van der Waals surface area contributed by atoms with Crippen LogP contribution in [0.25, 0.3) is 0 Å². The van der Waals surface area contributed by atoms with Gasteiger partial charge in [0.1, 0.15) is 0 Å². The van der Waals surface area contributed by atoms with Gasteiger partial charge < -0.3 is 0 Å². The van der Waals surface area contributed by atoms with Crippen molar-refractivity contribution in [2.75, 3.05) is 10.5 Å². The molecular formula is C12H16F3NO2S. The summed E-state index contributed by atoms with van der Waals surface area (Å²) in [6, 6.07) is 4.14. The third-order valence-electron chi connectivity index (χ3n) is 2.43. The van der Waals surface area contributed by atoms with Gasteiger partial charge in [0.25, 0.3) is 0 Å². The molecule has 0 heterocycles. The maximum atomic E-state index is 12.5. The lowest BCUT2D eigenvalue weighted by atomic mass is 10.2. The molecule has 1 aromatic carbocycles. The van der Waals surface area contributed by atoms with Crippen LogP contribution in [0.15, 0.2) is 24.3 Å². The number of sulfonamides is 1. The zero-order valence-corrected chi connectivity index (χ0v) is 11.5. The number of hydrogen-bond acceptors (Lipinski definition) is 2. The lowest BCUT2D eigenvalue weighted by molar-refractivity contribution is -0.137. The summed E-state index contributed by atoms with van der Waals surface area (Å²) in [7, 11) is -3.61. The largest absolute Gasteiger partial charge is 0.416 e. The first kappa shape index (κ1) is 15.8. The molecule has 1 N–H and O–H groups in total. The van der Waals surface area contributed by atoms with E-state index in [1.165, 1.54) is 12.1 Å². The number of alkyl halides is 3. The van der Waals surface area contributed by atoms with Crippen molar-refractivity contribution in [2.45, 2.75) is 26.4 Å². The van der Waals surface area contributed by atoms with Crippen molar-refractivity contribution >= 4 is 15.7 Å². The van der Waals surface area contributed by atoms with Gasteiger partial charge in [-0.25, -0.2) is 8.42 Å². The number of nitrogens with one attached hydrogen (secondary N) is 1. The van der Waals surface area contributed by atoms with Gasteiger partial charge in [-0.05, 0) is 30.5 Å². The van der Waals surface area contributed by atoms with Gasteiger partial charge in [0.15, 0.2) is 0 Å². The van der Waals surface area contributed by atoms with E-state index in [-0.39, 0.29) is 17.4 Å². The molecule has 0 aromatic heterocycles. The van der Waals surface area contributed by atoms with Gasteiger partial charge in [-0.15, -0.1) is 0 Å². The predicted molar refractivity (Wildman–Crippen MR) is 68.3 cm³/mol. The van der Waals surface area contributed by atoms with Gasteiger partial charge >= 0.3 is 6.18 Å². The minimum absolute atomic E-state index is 0.0708. The fourth-order valence-corrected chi connectivity index (χ4v) is 2.75. The Morgan fingerprint density at radius 1 is 1.26 bits per heavy atom. The smallest absolute Gasteiger partial charge is 0.284 e. The normalized spacial score (nSPS) is 12.7. The zero-order valence-electron chi connectivity index (χ0n) is 10.7. The van der Waals surface area contributed by atoms with Crippen molar-refractivity contribution in [1.82, 2.24) is 0 Å². The minimum atomic E-state index is -4.49. The molecule has 1 rings (SSSR count). The average Bonchev–Trinajstić information content (AvgIpc) is 2.25. The molecular weight excluding hydrogens is 279 g/mol. The Labute approximate surface area is 110 Å². The highest BCUT2D eigenvalue weighted by atomic mass is 32.2. The van der Waals surface area contributed by atoms with Crippen molar-refractivity contribution < 1.29 is 21.6 Å². The number of rotatable bonds is 5. The second-order valence-corrected chi connectivity index (χ2v) is 6.52. The molecule has 0 aliphatic carbocycles. The molecule has 0 aliphatic rings. The summed E-state index contributed by atoms with van der Waals surface area (Å²) in [4.78, 5) is 0. The topological polar surface area (TPSA) is 46.2 Å². The number of hydrogen-bond donors (Lipinski definition) is 1. The lowest BCUT2D eigenvalue weighted by Crippen LogP contribution is -2.18. The molecule has 0 bridgehead atoms. The quantitative estimate of drug-likeness (QED) is 0.903. The van der Waals surface area contributed by atoms with Crippen molar-refractivity contribution in [1.29, 1.82) is 0 Å². The second kappa shape index (κ2) is 5.81. The molecule has 1 aromatic rings. The van der Waals surface area contributed by atoms with Gasteiger partial charge in [-0.2, -0.15) is 13.2 Å². The molecule has 19 heavy (non-hydrogen) atoms. The van der Waals surface area contributed by atoms with Crippen LogP contribution in [0, 0.1) is 5.92 Å². The number of anilines is 1. The summed E-state index contributed by atoms with van der Waals surface area (Å²) < 4.78 is 62.9. The second-order valence-electron chi connectivity index (χ2n) is 4.68. The summed E-state index contributed by atoms with van der Waals surface area (Å²) in [6.07, 6.45) is -4.03. The van der Waals surface area contributed by atoms with E-state index in [1.807, 2.05) is 13.8 Å². The maximum Gasteiger partial charge on any atom is 0.416 e. The van der Waals surface area contributed by atoms with Gasteiger partial charge in [-0.3, -0.25) is 4.72 Å². The summed E-state index contributed by atoms with van der Waals surface area (Å²) in [5.41, 5.74) is -0.949. The highest BCUT2D eigenvalue weighted by Gasteiger charge is 2.30. The summed E-state index contributed by atoms with van der Waals surface area (Å²) in [5.74, 6) is 0.0964. The number of halogens is 3. The Balaban J connectivity index is 2.83. The molecule has 0 radical (unpaired) electrons. The highest BCUT2D eigenvalue weighted by Crippen LogP contribution is 2.30. The van der Waals surface area contributed by atoms with E-state index in [0.29, 0.717) is 6.42 Å². The average molecular weight is 295 g/mol. The van der Waals surface area contributed by atoms with E-state index in [9.17, 15) is 21.6 Å². The maximum absolute atomic E-state index is 12.5. The summed E-state index contributed by atoms with van der Waals surface area (Å²) in [5, 5.41) is 0. The number of benzene rings is 1. The standard InChI is InChI=1S/C12H16F3NO2S/c1-9(2)6-7-19(17,18)16-11-5-3-4-10(8-11)12(13,14)15/h3-5,8-9,16H,6-7H2,1-2H3. The summed E-state index contributed by atoms with van der Waals surface area (Å²) in [6.45, 7) is 3.75. The third kappa shape index (κ3) is 5.50. The van der Waals surface area contributed by atoms with Crippen LogP contribution < -0.4 is 4.72 Å². The van der Waals surface area contributed by atoms with E-state index in [2.05, 4.69) is 4.72 Å². The predicted octanol–water partition coefficient (Wildman–Crippen LogP) is 3.49. The Morgan fingerprint density at radius 3 is 2.42 bits per heavy atom. The van der Waals surface area contributed by atoms with Crippen LogP contribution in [-0.2, 0) is 16.2 Å². The van der Waals surface area contributed by atoms with E-state index in [0.717, 1.165) is 12.1 Å². The van der Waals surface area contributed by atoms with Gasteiger partial charge in [0.2, 0.25) is 10.0 Å². The van der Waals surface area contributed by atoms with Crippen molar-refractivity contribution in [3.63, 3.8) is 0 Å². The Bertz CT molecular complexity index is 524. The van der Waals surface area contributed by atoms with E-state index in [1.54, 1.807) is 0 Å². The highest BCUT2D eigenvalue weighted by molar-refractivity contribution is 7.92. The fourth-order valence-electron chi connectivity index (χ4n) is 1.38. The van der Waals surface area contributed by atoms with Gasteiger partial charge in [-0.1, -0.05) is 19.9 Å². The molecule has 0 saturated heterocycles. The molecule has 0 aliphatic heterocycles. The van der Waals surface area contributed by atoms with Crippen LogP contribution in [0.3, 0.4) is 0 Å². The van der Waals surface area contributed by atoms with Crippen LogP contribution >= 0.6 is 0 Å². The van der Waals surface area contributed by atoms with Crippen LogP contribution in [0.2, 0.25) is 0 Å². The Hall–Kier alpha value is -1.24. The monoisotopic (exact) mass is 295 g/mol. The molecule has 3 nitrogen and oxygen atoms in total. The SMILES string of the molecule is CC(C)CCS(=O)(=O)Nc1cccc(C(F)(F)F)c1. The van der Waals surface area contributed by atoms with Crippen molar-refractivity contribution in [2.24, 2.45) is 5.92 Å². The van der Waals surface area contributed by atoms with Crippen molar-refractivity contribution in [3.8, 4) is 0 Å². The van der Waals surface area contributed by atoms with Crippen LogP contribution in [0.5, 0.6) is 0 Å². The van der Waals surface area contributed by atoms with Crippen molar-refractivity contribution in [3.05, 3.63) is 29.8 Å². The fraction of sp³-hybridized carbons (Fsp3) is 0.500. The van der Waals surface area contributed by atoms with Crippen LogP contribution in [-0.4, -0.2) is 14.2 Å². The first-order valence-corrected chi connectivity index (χ1v) is 7.43. The first-order chi connectivity index (χ1) is 8.60. The molecule has 0 amide bonds. The lowest BCUT2D eigenvalue weighted by Gasteiger charge is -2.11. The Kier molecular flexibility index (Phi) is 4.84. The van der Waals surface area contributed by atoms with E-state index < -0.39 is 21.8 Å². The summed E-state index contributed by atoms with van der Waals surface area (Å²) >= 11 is 0. The van der Waals surface area contributed by atoms with Gasteiger partial charge in [0, 0.05) is 5.69 Å². The molecule has 0 saturated carbocycles. The minimum Gasteiger partial charge on any atom is -0.284 e. The van der Waals surface area contributed by atoms with Crippen LogP contribution in [0.1, 0.15) is 25.8 Å². The van der Waals surface area contributed by atoms with Crippen LogP contribution in [0.4, 0.5) is 18.9 Å². The Morgan fingerprint density at radius 2 is 1.89 bits per heavy atom. The molecule has 7 heteroatoms. The first-order valence-electron chi connectivity index (χ1n) is 5.78. The van der Waals surface area contributed by atoms with Gasteiger partial charge in [0.05, 0.1) is 11.3 Å². The molecule has 0 atom stereocenters. The van der Waals surface area contributed by atoms with E-state index in [4.69, 9.17) is 0 Å². The third-order valence-corrected chi connectivity index (χ3v) is 3.75. The molecule has 0 spiro atoms. The molecule has 108 valence electrons. The zero-order chi connectivity index (χ0) is 14.7. The van der Waals surface area contributed by atoms with E-state index >= 15 is 0 Å². The molecule has 0 unspecified atom stereocenters.